The van der Waals surface area contributed by atoms with Gasteiger partial charge in [0, 0.05) is 10.6 Å². The van der Waals surface area contributed by atoms with E-state index >= 15 is 0 Å². The topological polar surface area (TPSA) is 113 Å². The van der Waals surface area contributed by atoms with Gasteiger partial charge in [0.2, 0.25) is 0 Å². The smallest absolute Gasteiger partial charge is 0.433 e. The second-order valence-electron chi connectivity index (χ2n) is 7.25. The van der Waals surface area contributed by atoms with Gasteiger partial charge in [-0.3, -0.25) is 0 Å². The van der Waals surface area contributed by atoms with Crippen molar-refractivity contribution in [1.29, 1.82) is 0 Å². The van der Waals surface area contributed by atoms with Gasteiger partial charge in [-0.05, 0) is 48.5 Å². The zero-order chi connectivity index (χ0) is 26.0. The first-order valence-corrected chi connectivity index (χ1v) is 10.5. The molecular formula is C23H17ClF3N5O4. The Labute approximate surface area is 206 Å². The molecule has 0 amide bonds. The fourth-order valence-corrected chi connectivity index (χ4v) is 3.46. The van der Waals surface area contributed by atoms with Crippen molar-refractivity contribution in [2.75, 3.05) is 14.2 Å². The molecule has 9 nitrogen and oxygen atoms in total. The molecule has 0 aliphatic rings. The van der Waals surface area contributed by atoms with Crippen molar-refractivity contribution >= 4 is 29.1 Å². The Hall–Kier alpha value is -4.32. The summed E-state index contributed by atoms with van der Waals surface area (Å²) in [5.74, 6) is -0.548. The largest absolute Gasteiger partial charge is 0.497 e. The Morgan fingerprint density at radius 3 is 2.42 bits per heavy atom. The van der Waals surface area contributed by atoms with Crippen LogP contribution in [0.25, 0.3) is 16.9 Å². The molecule has 0 bridgehead atoms. The Bertz CT molecular complexity index is 1470. The highest BCUT2D eigenvalue weighted by atomic mass is 35.5. The summed E-state index contributed by atoms with van der Waals surface area (Å²) in [6.07, 6.45) is -3.88. The van der Waals surface area contributed by atoms with Crippen LogP contribution in [0, 0.1) is 0 Å². The van der Waals surface area contributed by atoms with E-state index in [4.69, 9.17) is 31.6 Å². The summed E-state index contributed by atoms with van der Waals surface area (Å²) in [7, 11) is 2.86. The van der Waals surface area contributed by atoms with Crippen LogP contribution in [0.3, 0.4) is 0 Å². The number of hydrogen-bond donors (Lipinski definition) is 1. The van der Waals surface area contributed by atoms with E-state index in [1.807, 2.05) is 0 Å². The molecule has 0 radical (unpaired) electrons. The predicted molar refractivity (Wildman–Crippen MR) is 124 cm³/mol. The van der Waals surface area contributed by atoms with Gasteiger partial charge in [0.1, 0.15) is 17.1 Å². The van der Waals surface area contributed by atoms with E-state index < -0.39 is 17.8 Å². The molecule has 2 N–H and O–H groups in total. The van der Waals surface area contributed by atoms with Gasteiger partial charge >= 0.3 is 12.1 Å². The number of carbonyl (C=O) groups excluding carboxylic acids is 1. The molecular weight excluding hydrogens is 503 g/mol. The van der Waals surface area contributed by atoms with Crippen molar-refractivity contribution < 1.29 is 32.3 Å². The van der Waals surface area contributed by atoms with E-state index in [2.05, 4.69) is 15.2 Å². The highest BCUT2D eigenvalue weighted by Gasteiger charge is 2.36. The van der Waals surface area contributed by atoms with E-state index in [-0.39, 0.29) is 28.3 Å². The number of aromatic nitrogens is 3. The van der Waals surface area contributed by atoms with Crippen LogP contribution in [0.1, 0.15) is 21.6 Å². The number of amidine groups is 1. The first kappa shape index (κ1) is 24.8. The Kier molecular flexibility index (Phi) is 6.71. The number of fused-ring (bicyclic) bond motifs is 1. The number of benzene rings is 2. The lowest BCUT2D eigenvalue weighted by atomic mass is 10.1. The molecule has 0 aliphatic heterocycles. The summed E-state index contributed by atoms with van der Waals surface area (Å²) >= 11 is 5.97. The Morgan fingerprint density at radius 1 is 1.06 bits per heavy atom. The highest BCUT2D eigenvalue weighted by molar-refractivity contribution is 6.31. The quantitative estimate of drug-likeness (QED) is 0.172. The second kappa shape index (κ2) is 9.74. The van der Waals surface area contributed by atoms with Crippen LogP contribution < -0.4 is 15.2 Å². The maximum Gasteiger partial charge on any atom is 0.433 e. The fourth-order valence-electron chi connectivity index (χ4n) is 3.29. The van der Waals surface area contributed by atoms with E-state index in [0.29, 0.717) is 26.6 Å². The SMILES string of the molecule is COc1ccc(-c2cc(C(F)(F)F)n3ncc(C(=O)O/N=C(\N)c4cc(Cl)ccc4OC)c3n2)cc1. The Balaban J connectivity index is 1.74. The molecule has 2 aromatic carbocycles. The number of carbonyl (C=O) groups is 1. The molecule has 2 heterocycles. The molecule has 36 heavy (non-hydrogen) atoms. The summed E-state index contributed by atoms with van der Waals surface area (Å²) in [6, 6.07) is 11.6. The molecule has 4 rings (SSSR count). The molecule has 0 saturated carbocycles. The normalized spacial score (nSPS) is 12.0. The zero-order valence-corrected chi connectivity index (χ0v) is 19.5. The maximum atomic E-state index is 13.8. The van der Waals surface area contributed by atoms with Crippen LogP contribution in [-0.2, 0) is 11.0 Å². The lowest BCUT2D eigenvalue weighted by Crippen LogP contribution is -2.17. The molecule has 2 aromatic heterocycles. The van der Waals surface area contributed by atoms with Crippen molar-refractivity contribution in [3.05, 3.63) is 76.6 Å². The van der Waals surface area contributed by atoms with Crippen LogP contribution in [-0.4, -0.2) is 40.6 Å². The van der Waals surface area contributed by atoms with Gasteiger partial charge < -0.3 is 20.0 Å². The maximum absolute atomic E-state index is 13.8. The molecule has 13 heteroatoms. The summed E-state index contributed by atoms with van der Waals surface area (Å²) in [5, 5.41) is 7.60. The minimum atomic E-state index is -4.79. The van der Waals surface area contributed by atoms with Crippen LogP contribution >= 0.6 is 11.6 Å². The van der Waals surface area contributed by atoms with Crippen molar-refractivity contribution in [3.63, 3.8) is 0 Å². The van der Waals surface area contributed by atoms with Crippen LogP contribution in [0.5, 0.6) is 11.5 Å². The van der Waals surface area contributed by atoms with E-state index in [9.17, 15) is 18.0 Å². The number of nitrogens with zero attached hydrogens (tertiary/aromatic N) is 4. The van der Waals surface area contributed by atoms with Crippen molar-refractivity contribution in [3.8, 4) is 22.8 Å². The van der Waals surface area contributed by atoms with Gasteiger partial charge in [-0.15, -0.1) is 0 Å². The number of halogens is 4. The molecule has 0 unspecified atom stereocenters. The molecule has 0 spiro atoms. The molecule has 0 aliphatic carbocycles. The van der Waals surface area contributed by atoms with Gasteiger partial charge in [-0.1, -0.05) is 16.8 Å². The third kappa shape index (κ3) is 4.89. The highest BCUT2D eigenvalue weighted by Crippen LogP contribution is 2.33. The predicted octanol–water partition coefficient (Wildman–Crippen LogP) is 4.56. The first-order valence-electron chi connectivity index (χ1n) is 10.1. The standard InChI is InChI=1S/C23H17ClF3N5O4/c1-34-14-6-3-12(4-7-14)17-10-19(23(25,26)27)32-21(30-17)16(11-29-32)22(33)36-31-20(28)15-9-13(24)5-8-18(15)35-2/h3-11H,1-2H3,(H2,28,31). The minimum absolute atomic E-state index is 0.0429. The zero-order valence-electron chi connectivity index (χ0n) is 18.7. The average Bonchev–Trinajstić information content (AvgIpc) is 3.30. The summed E-state index contributed by atoms with van der Waals surface area (Å²) in [6.45, 7) is 0. The first-order chi connectivity index (χ1) is 17.1. The molecule has 0 saturated heterocycles. The number of oxime groups is 1. The summed E-state index contributed by atoms with van der Waals surface area (Å²) in [4.78, 5) is 21.8. The van der Waals surface area contributed by atoms with Gasteiger partial charge in [-0.2, -0.15) is 18.3 Å². The van der Waals surface area contributed by atoms with Crippen molar-refractivity contribution in [2.45, 2.75) is 6.18 Å². The Morgan fingerprint density at radius 2 is 1.78 bits per heavy atom. The summed E-state index contributed by atoms with van der Waals surface area (Å²) in [5.41, 5.74) is 4.59. The van der Waals surface area contributed by atoms with Crippen molar-refractivity contribution in [2.24, 2.45) is 10.9 Å². The van der Waals surface area contributed by atoms with Gasteiger partial charge in [0.25, 0.3) is 0 Å². The fraction of sp³-hybridized carbons (Fsp3) is 0.130. The molecule has 4 aromatic rings. The van der Waals surface area contributed by atoms with Crippen LogP contribution in [0.15, 0.2) is 59.9 Å². The van der Waals surface area contributed by atoms with E-state index in [1.165, 1.54) is 38.5 Å². The van der Waals surface area contributed by atoms with E-state index in [1.54, 1.807) is 18.2 Å². The number of methoxy groups -OCH3 is 2. The summed E-state index contributed by atoms with van der Waals surface area (Å²) < 4.78 is 52.2. The third-order valence-electron chi connectivity index (χ3n) is 5.03. The lowest BCUT2D eigenvalue weighted by molar-refractivity contribution is -0.142. The number of rotatable bonds is 6. The second-order valence-corrected chi connectivity index (χ2v) is 7.68. The molecule has 0 fully saturated rings. The third-order valence-corrected chi connectivity index (χ3v) is 5.27. The van der Waals surface area contributed by atoms with Crippen LogP contribution in [0.2, 0.25) is 5.02 Å². The molecule has 0 atom stereocenters. The van der Waals surface area contributed by atoms with Gasteiger partial charge in [0.05, 0.1) is 31.7 Å². The van der Waals surface area contributed by atoms with Crippen molar-refractivity contribution in [1.82, 2.24) is 14.6 Å². The van der Waals surface area contributed by atoms with Crippen LogP contribution in [0.4, 0.5) is 13.2 Å². The number of alkyl halides is 3. The van der Waals surface area contributed by atoms with Gasteiger partial charge in [0.15, 0.2) is 17.2 Å². The number of hydrogen-bond acceptors (Lipinski definition) is 7. The minimum Gasteiger partial charge on any atom is -0.497 e. The molecule has 186 valence electrons. The van der Waals surface area contributed by atoms with Gasteiger partial charge in [-0.25, -0.2) is 14.3 Å². The number of nitrogens with two attached hydrogens (primary N) is 1. The van der Waals surface area contributed by atoms with E-state index in [0.717, 1.165) is 12.3 Å². The average molecular weight is 520 g/mol. The monoisotopic (exact) mass is 519 g/mol. The number of ether oxygens (including phenoxy) is 2. The lowest BCUT2D eigenvalue weighted by Gasteiger charge is -2.11.